The molecule has 0 spiro atoms. The van der Waals surface area contributed by atoms with E-state index < -0.39 is 11.4 Å². The van der Waals surface area contributed by atoms with Crippen LogP contribution < -0.4 is 0 Å². The molecule has 0 aromatic carbocycles. The summed E-state index contributed by atoms with van der Waals surface area (Å²) >= 11 is 0. The van der Waals surface area contributed by atoms with Gasteiger partial charge in [0.25, 0.3) is 0 Å². The van der Waals surface area contributed by atoms with E-state index in [4.69, 9.17) is 4.74 Å². The van der Waals surface area contributed by atoms with Gasteiger partial charge in [-0.05, 0) is 38.5 Å². The van der Waals surface area contributed by atoms with E-state index >= 15 is 0 Å². The van der Waals surface area contributed by atoms with Gasteiger partial charge in [-0.3, -0.25) is 9.69 Å². The van der Waals surface area contributed by atoms with Crippen LogP contribution in [0.3, 0.4) is 0 Å². The highest BCUT2D eigenvalue weighted by Gasteiger charge is 2.42. The summed E-state index contributed by atoms with van der Waals surface area (Å²) in [5, 5.41) is 9.61. The molecule has 0 amide bonds. The zero-order valence-corrected chi connectivity index (χ0v) is 11.5. The van der Waals surface area contributed by atoms with Gasteiger partial charge in [0.05, 0.1) is 18.1 Å². The summed E-state index contributed by atoms with van der Waals surface area (Å²) in [7, 11) is 0. The lowest BCUT2D eigenvalue weighted by atomic mass is 9.70. The summed E-state index contributed by atoms with van der Waals surface area (Å²) in [5.41, 5.74) is -0.510. The first-order valence-electron chi connectivity index (χ1n) is 7.09. The Kier molecular flexibility index (Phi) is 4.28. The van der Waals surface area contributed by atoms with Crippen molar-refractivity contribution in [3.8, 4) is 0 Å². The number of rotatable bonds is 3. The number of aliphatic carboxylic acids is 1. The molecule has 1 saturated carbocycles. The topological polar surface area (TPSA) is 49.8 Å². The molecule has 1 unspecified atom stereocenters. The molecule has 4 nitrogen and oxygen atoms in total. The molecule has 1 aliphatic heterocycles. The van der Waals surface area contributed by atoms with Crippen LogP contribution in [-0.2, 0) is 9.53 Å². The maximum atomic E-state index is 11.7. The minimum Gasteiger partial charge on any atom is -0.481 e. The molecule has 104 valence electrons. The monoisotopic (exact) mass is 255 g/mol. The van der Waals surface area contributed by atoms with Crippen molar-refractivity contribution in [2.24, 2.45) is 11.3 Å². The van der Waals surface area contributed by atoms with Crippen LogP contribution in [0.5, 0.6) is 0 Å². The number of morpholine rings is 1. The van der Waals surface area contributed by atoms with Gasteiger partial charge < -0.3 is 9.84 Å². The van der Waals surface area contributed by atoms with Gasteiger partial charge in [0, 0.05) is 19.6 Å². The molecular weight excluding hydrogens is 230 g/mol. The van der Waals surface area contributed by atoms with E-state index in [-0.39, 0.29) is 6.10 Å². The minimum absolute atomic E-state index is 0.229. The molecule has 0 aromatic rings. The second-order valence-corrected chi connectivity index (χ2v) is 6.18. The first-order valence-corrected chi connectivity index (χ1v) is 7.09. The Morgan fingerprint density at radius 2 is 2.06 bits per heavy atom. The highest BCUT2D eigenvalue weighted by atomic mass is 16.5. The predicted molar refractivity (Wildman–Crippen MR) is 69.6 cm³/mol. The van der Waals surface area contributed by atoms with E-state index in [1.807, 2.05) is 0 Å². The summed E-state index contributed by atoms with van der Waals surface area (Å²) < 4.78 is 5.52. The van der Waals surface area contributed by atoms with Gasteiger partial charge in [-0.15, -0.1) is 0 Å². The van der Waals surface area contributed by atoms with Crippen molar-refractivity contribution in [2.75, 3.05) is 26.2 Å². The lowest BCUT2D eigenvalue weighted by Crippen LogP contribution is -2.50. The maximum absolute atomic E-state index is 11.7. The molecule has 18 heavy (non-hydrogen) atoms. The fraction of sp³-hybridized carbons (Fsp3) is 0.929. The van der Waals surface area contributed by atoms with Crippen molar-refractivity contribution in [3.05, 3.63) is 0 Å². The fourth-order valence-electron chi connectivity index (χ4n) is 3.22. The molecule has 2 fully saturated rings. The zero-order chi connectivity index (χ0) is 13.2. The Morgan fingerprint density at radius 1 is 1.39 bits per heavy atom. The number of carboxylic acid groups (broad SMARTS) is 1. The number of hydrogen-bond acceptors (Lipinski definition) is 3. The smallest absolute Gasteiger partial charge is 0.310 e. The highest BCUT2D eigenvalue weighted by Crippen LogP contribution is 2.40. The van der Waals surface area contributed by atoms with Gasteiger partial charge in [-0.1, -0.05) is 6.92 Å². The molecular formula is C14H25NO3. The molecule has 1 atom stereocenters. The van der Waals surface area contributed by atoms with Crippen LogP contribution in [-0.4, -0.2) is 48.3 Å². The SMILES string of the molecule is CC1CCC(CN2CCOC(C)C2)(C(=O)O)CC1. The van der Waals surface area contributed by atoms with Gasteiger partial charge in [0.15, 0.2) is 0 Å². The summed E-state index contributed by atoms with van der Waals surface area (Å²) in [6.07, 6.45) is 3.98. The largest absolute Gasteiger partial charge is 0.481 e. The third-order valence-electron chi connectivity index (χ3n) is 4.54. The zero-order valence-electron chi connectivity index (χ0n) is 11.5. The van der Waals surface area contributed by atoms with E-state index in [2.05, 4.69) is 18.7 Å². The number of ether oxygens (including phenoxy) is 1. The molecule has 1 heterocycles. The molecule has 1 aliphatic carbocycles. The Balaban J connectivity index is 2.00. The second-order valence-electron chi connectivity index (χ2n) is 6.18. The van der Waals surface area contributed by atoms with E-state index in [0.29, 0.717) is 12.5 Å². The number of carbonyl (C=O) groups is 1. The van der Waals surface area contributed by atoms with Crippen LogP contribution in [0.25, 0.3) is 0 Å². The standard InChI is InChI=1S/C14H25NO3/c1-11-3-5-14(6-4-11,13(16)17)10-15-7-8-18-12(2)9-15/h11-12H,3-10H2,1-2H3,(H,16,17). The molecule has 1 saturated heterocycles. The fourth-order valence-corrected chi connectivity index (χ4v) is 3.22. The molecule has 2 rings (SSSR count). The molecule has 0 bridgehead atoms. The molecule has 0 radical (unpaired) electrons. The quantitative estimate of drug-likeness (QED) is 0.838. The summed E-state index contributed by atoms with van der Waals surface area (Å²) in [4.78, 5) is 14.0. The molecule has 0 aromatic heterocycles. The minimum atomic E-state index is -0.603. The Morgan fingerprint density at radius 3 is 2.61 bits per heavy atom. The maximum Gasteiger partial charge on any atom is 0.310 e. The van der Waals surface area contributed by atoms with Crippen molar-refractivity contribution in [1.82, 2.24) is 4.90 Å². The Bertz CT molecular complexity index is 297. The normalized spacial score (nSPS) is 38.6. The van der Waals surface area contributed by atoms with Crippen LogP contribution in [0.1, 0.15) is 39.5 Å². The summed E-state index contributed by atoms with van der Waals surface area (Å²) in [6, 6.07) is 0. The van der Waals surface area contributed by atoms with Crippen LogP contribution in [0.4, 0.5) is 0 Å². The highest BCUT2D eigenvalue weighted by molar-refractivity contribution is 5.75. The average Bonchev–Trinajstić information content (AvgIpc) is 2.32. The lowest BCUT2D eigenvalue weighted by Gasteiger charge is -2.41. The van der Waals surface area contributed by atoms with E-state index in [1.54, 1.807) is 0 Å². The number of hydrogen-bond donors (Lipinski definition) is 1. The number of carboxylic acids is 1. The Hall–Kier alpha value is -0.610. The summed E-state index contributed by atoms with van der Waals surface area (Å²) in [5.74, 6) is 0.0784. The van der Waals surface area contributed by atoms with Crippen LogP contribution in [0.2, 0.25) is 0 Å². The third-order valence-corrected chi connectivity index (χ3v) is 4.54. The van der Waals surface area contributed by atoms with Crippen molar-refractivity contribution in [2.45, 2.75) is 45.6 Å². The average molecular weight is 255 g/mol. The molecule has 4 heteroatoms. The van der Waals surface area contributed by atoms with Crippen LogP contribution >= 0.6 is 0 Å². The third kappa shape index (κ3) is 3.04. The van der Waals surface area contributed by atoms with Gasteiger partial charge in [0.1, 0.15) is 0 Å². The van der Waals surface area contributed by atoms with Gasteiger partial charge in [-0.25, -0.2) is 0 Å². The predicted octanol–water partition coefficient (Wildman–Crippen LogP) is 1.99. The van der Waals surface area contributed by atoms with E-state index in [9.17, 15) is 9.90 Å². The van der Waals surface area contributed by atoms with Crippen molar-refractivity contribution in [3.63, 3.8) is 0 Å². The van der Waals surface area contributed by atoms with Crippen molar-refractivity contribution >= 4 is 5.97 Å². The first-order chi connectivity index (χ1) is 8.52. The molecule has 2 aliphatic rings. The van der Waals surface area contributed by atoms with E-state index in [0.717, 1.165) is 45.4 Å². The second kappa shape index (κ2) is 5.57. The van der Waals surface area contributed by atoms with Crippen molar-refractivity contribution < 1.29 is 14.6 Å². The van der Waals surface area contributed by atoms with Crippen LogP contribution in [0.15, 0.2) is 0 Å². The first kappa shape index (κ1) is 13.8. The van der Waals surface area contributed by atoms with Gasteiger partial charge >= 0.3 is 5.97 Å². The van der Waals surface area contributed by atoms with E-state index in [1.165, 1.54) is 0 Å². The number of nitrogens with zero attached hydrogens (tertiary/aromatic N) is 1. The molecule has 1 N–H and O–H groups in total. The van der Waals surface area contributed by atoms with Crippen molar-refractivity contribution in [1.29, 1.82) is 0 Å². The van der Waals surface area contributed by atoms with Crippen LogP contribution in [0, 0.1) is 11.3 Å². The van der Waals surface area contributed by atoms with Gasteiger partial charge in [0.2, 0.25) is 0 Å². The summed E-state index contributed by atoms with van der Waals surface area (Å²) in [6.45, 7) is 7.45. The lowest BCUT2D eigenvalue weighted by molar-refractivity contribution is -0.154. The Labute approximate surface area is 109 Å². The van der Waals surface area contributed by atoms with Gasteiger partial charge in [-0.2, -0.15) is 0 Å².